The second-order valence-electron chi connectivity index (χ2n) is 6.20. The minimum atomic E-state index is -0.846. The van der Waals surface area contributed by atoms with Crippen molar-refractivity contribution in [1.29, 1.82) is 0 Å². The molecule has 1 atom stereocenters. The van der Waals surface area contributed by atoms with Gasteiger partial charge in [-0.3, -0.25) is 4.79 Å². The second-order valence-corrected chi connectivity index (χ2v) is 6.20. The van der Waals surface area contributed by atoms with E-state index in [-0.39, 0.29) is 24.2 Å². The number of anilines is 2. The van der Waals surface area contributed by atoms with Gasteiger partial charge in [-0.05, 0) is 18.4 Å². The van der Waals surface area contributed by atoms with Gasteiger partial charge < -0.3 is 25.6 Å². The molecule has 8 heteroatoms. The molecule has 2 aromatic rings. The Labute approximate surface area is 146 Å². The molecule has 1 aromatic carbocycles. The molecule has 0 saturated heterocycles. The molecule has 0 radical (unpaired) electrons. The van der Waals surface area contributed by atoms with E-state index in [2.05, 4.69) is 15.3 Å². The molecule has 0 saturated carbocycles. The molecule has 0 spiro atoms. The highest BCUT2D eigenvalue weighted by atomic mass is 16.5. The molecule has 2 rings (SSSR count). The fraction of sp³-hybridized carbons (Fsp3) is 0.471. The molecule has 25 heavy (non-hydrogen) atoms. The normalized spacial score (nSPS) is 12.2. The lowest BCUT2D eigenvalue weighted by atomic mass is 9.97. The summed E-state index contributed by atoms with van der Waals surface area (Å²) in [6, 6.07) is 3.42. The number of benzene rings is 1. The molecule has 4 N–H and O–H groups in total. The van der Waals surface area contributed by atoms with Gasteiger partial charge in [0.15, 0.2) is 11.5 Å². The Kier molecular flexibility index (Phi) is 5.84. The fourth-order valence-corrected chi connectivity index (χ4v) is 2.61. The van der Waals surface area contributed by atoms with E-state index in [9.17, 15) is 9.90 Å². The van der Waals surface area contributed by atoms with Crippen molar-refractivity contribution in [2.45, 2.75) is 20.3 Å². The lowest BCUT2D eigenvalue weighted by molar-refractivity contribution is -0.141. The largest absolute Gasteiger partial charge is 0.493 e. The molecule has 0 aliphatic heterocycles. The Hall–Kier alpha value is -2.77. The number of carboxylic acids is 1. The number of ether oxygens (including phenoxy) is 2. The fourth-order valence-electron chi connectivity index (χ4n) is 2.61. The Bertz CT molecular complexity index is 764. The van der Waals surface area contributed by atoms with Gasteiger partial charge in [-0.2, -0.15) is 4.98 Å². The number of fused-ring (bicyclic) bond motifs is 1. The van der Waals surface area contributed by atoms with Gasteiger partial charge in [-0.1, -0.05) is 13.8 Å². The van der Waals surface area contributed by atoms with Crippen molar-refractivity contribution in [3.8, 4) is 11.5 Å². The summed E-state index contributed by atoms with van der Waals surface area (Å²) in [5.41, 5.74) is 6.60. The van der Waals surface area contributed by atoms with E-state index >= 15 is 0 Å². The maximum Gasteiger partial charge on any atom is 0.308 e. The first kappa shape index (κ1) is 18.6. The minimum Gasteiger partial charge on any atom is -0.493 e. The summed E-state index contributed by atoms with van der Waals surface area (Å²) in [7, 11) is 3.08. The van der Waals surface area contributed by atoms with E-state index in [1.807, 2.05) is 13.8 Å². The van der Waals surface area contributed by atoms with Crippen LogP contribution in [0.2, 0.25) is 0 Å². The van der Waals surface area contributed by atoms with Crippen molar-refractivity contribution in [3.05, 3.63) is 12.1 Å². The summed E-state index contributed by atoms with van der Waals surface area (Å²) in [5, 5.41) is 12.9. The van der Waals surface area contributed by atoms with Gasteiger partial charge in [0, 0.05) is 18.0 Å². The molecular formula is C17H24N4O4. The second kappa shape index (κ2) is 7.87. The van der Waals surface area contributed by atoms with Gasteiger partial charge in [-0.25, -0.2) is 4.98 Å². The van der Waals surface area contributed by atoms with Crippen LogP contribution in [0.25, 0.3) is 10.9 Å². The third-order valence-corrected chi connectivity index (χ3v) is 3.84. The Morgan fingerprint density at radius 1 is 1.24 bits per heavy atom. The quantitative estimate of drug-likeness (QED) is 0.665. The zero-order chi connectivity index (χ0) is 18.6. The Morgan fingerprint density at radius 3 is 2.44 bits per heavy atom. The number of aliphatic carboxylic acids is 1. The van der Waals surface area contributed by atoms with E-state index < -0.39 is 11.9 Å². The molecule has 0 aliphatic rings. The predicted octanol–water partition coefficient (Wildman–Crippen LogP) is 2.39. The number of nitrogens with zero attached hydrogens (tertiary/aromatic N) is 2. The SMILES string of the molecule is COc1cc2nc(NCC(CC(C)C)C(=O)O)nc(N)c2cc1OC. The molecule has 0 aliphatic carbocycles. The Morgan fingerprint density at radius 2 is 1.88 bits per heavy atom. The predicted molar refractivity (Wildman–Crippen MR) is 96.1 cm³/mol. The number of hydrogen-bond acceptors (Lipinski definition) is 7. The van der Waals surface area contributed by atoms with Crippen LogP contribution in [0, 0.1) is 11.8 Å². The van der Waals surface area contributed by atoms with Crippen molar-refractivity contribution < 1.29 is 19.4 Å². The van der Waals surface area contributed by atoms with Crippen LogP contribution in [-0.2, 0) is 4.79 Å². The maximum atomic E-state index is 11.4. The van der Waals surface area contributed by atoms with E-state index in [4.69, 9.17) is 15.2 Å². The molecule has 0 fully saturated rings. The smallest absolute Gasteiger partial charge is 0.308 e. The third-order valence-electron chi connectivity index (χ3n) is 3.84. The number of nitrogen functional groups attached to an aromatic ring is 1. The molecule has 0 bridgehead atoms. The summed E-state index contributed by atoms with van der Waals surface area (Å²) in [6.45, 7) is 4.20. The number of methoxy groups -OCH3 is 2. The van der Waals surface area contributed by atoms with Crippen LogP contribution in [0.5, 0.6) is 11.5 Å². The van der Waals surface area contributed by atoms with Gasteiger partial charge in [0.25, 0.3) is 0 Å². The number of nitrogens with two attached hydrogens (primary N) is 1. The van der Waals surface area contributed by atoms with Crippen LogP contribution >= 0.6 is 0 Å². The monoisotopic (exact) mass is 348 g/mol. The highest BCUT2D eigenvalue weighted by Crippen LogP contribution is 2.33. The zero-order valence-electron chi connectivity index (χ0n) is 14.9. The van der Waals surface area contributed by atoms with Gasteiger partial charge in [0.1, 0.15) is 5.82 Å². The number of aromatic nitrogens is 2. The van der Waals surface area contributed by atoms with Gasteiger partial charge >= 0.3 is 5.97 Å². The van der Waals surface area contributed by atoms with E-state index in [1.54, 1.807) is 12.1 Å². The highest BCUT2D eigenvalue weighted by Gasteiger charge is 2.19. The molecule has 1 heterocycles. The lowest BCUT2D eigenvalue weighted by Crippen LogP contribution is -2.25. The van der Waals surface area contributed by atoms with Crippen molar-refractivity contribution in [2.24, 2.45) is 11.8 Å². The van der Waals surface area contributed by atoms with E-state index in [0.29, 0.717) is 28.8 Å². The number of rotatable bonds is 8. The van der Waals surface area contributed by atoms with Gasteiger partial charge in [0.05, 0.1) is 25.7 Å². The maximum absolute atomic E-state index is 11.4. The number of nitrogens with one attached hydrogen (secondary N) is 1. The molecular weight excluding hydrogens is 324 g/mol. The highest BCUT2D eigenvalue weighted by molar-refractivity contribution is 5.91. The van der Waals surface area contributed by atoms with Crippen molar-refractivity contribution in [2.75, 3.05) is 31.8 Å². The van der Waals surface area contributed by atoms with Crippen molar-refractivity contribution in [1.82, 2.24) is 9.97 Å². The summed E-state index contributed by atoms with van der Waals surface area (Å²) in [5.74, 6) is 0.544. The van der Waals surface area contributed by atoms with Crippen LogP contribution in [0.1, 0.15) is 20.3 Å². The third kappa shape index (κ3) is 4.40. The summed E-state index contributed by atoms with van der Waals surface area (Å²) >= 11 is 0. The van der Waals surface area contributed by atoms with Crippen LogP contribution in [-0.4, -0.2) is 41.8 Å². The molecule has 0 amide bonds. The summed E-state index contributed by atoms with van der Waals surface area (Å²) in [6.07, 6.45) is 0.566. The average Bonchev–Trinajstić information content (AvgIpc) is 2.56. The summed E-state index contributed by atoms with van der Waals surface area (Å²) < 4.78 is 10.5. The molecule has 1 aromatic heterocycles. The first-order chi connectivity index (χ1) is 11.8. The summed E-state index contributed by atoms with van der Waals surface area (Å²) in [4.78, 5) is 20.0. The first-order valence-electron chi connectivity index (χ1n) is 8.01. The van der Waals surface area contributed by atoms with Crippen molar-refractivity contribution >= 4 is 28.6 Å². The standard InChI is InChI=1S/C17H24N4O4/c1-9(2)5-10(16(22)23)8-19-17-20-12-7-14(25-4)13(24-3)6-11(12)15(18)21-17/h6-7,9-10H,5,8H2,1-4H3,(H,22,23)(H3,18,19,20,21). The average molecular weight is 348 g/mol. The molecule has 8 nitrogen and oxygen atoms in total. The van der Waals surface area contributed by atoms with Crippen LogP contribution in [0.15, 0.2) is 12.1 Å². The van der Waals surface area contributed by atoms with Crippen LogP contribution in [0.4, 0.5) is 11.8 Å². The topological polar surface area (TPSA) is 120 Å². The van der Waals surface area contributed by atoms with Crippen molar-refractivity contribution in [3.63, 3.8) is 0 Å². The number of carboxylic acid groups (broad SMARTS) is 1. The number of hydrogen-bond donors (Lipinski definition) is 3. The van der Waals surface area contributed by atoms with Crippen LogP contribution < -0.4 is 20.5 Å². The number of carbonyl (C=O) groups is 1. The first-order valence-corrected chi connectivity index (χ1v) is 8.01. The van der Waals surface area contributed by atoms with E-state index in [1.165, 1.54) is 14.2 Å². The Balaban J connectivity index is 2.28. The van der Waals surface area contributed by atoms with Gasteiger partial charge in [-0.15, -0.1) is 0 Å². The van der Waals surface area contributed by atoms with Gasteiger partial charge in [0.2, 0.25) is 5.95 Å². The zero-order valence-corrected chi connectivity index (χ0v) is 14.9. The lowest BCUT2D eigenvalue weighted by Gasteiger charge is -2.16. The van der Waals surface area contributed by atoms with Crippen LogP contribution in [0.3, 0.4) is 0 Å². The minimum absolute atomic E-state index is 0.228. The van der Waals surface area contributed by atoms with E-state index in [0.717, 1.165) is 0 Å². The molecule has 136 valence electrons. The molecule has 1 unspecified atom stereocenters.